The first kappa shape index (κ1) is 13.9. The number of benzene rings is 1. The minimum atomic E-state index is -0.914. The Morgan fingerprint density at radius 1 is 1.42 bits per heavy atom. The summed E-state index contributed by atoms with van der Waals surface area (Å²) in [6.07, 6.45) is -0.428. The highest BCUT2D eigenvalue weighted by Crippen LogP contribution is 2.23. The van der Waals surface area contributed by atoms with E-state index in [2.05, 4.69) is 5.32 Å². The summed E-state index contributed by atoms with van der Waals surface area (Å²) < 4.78 is 31.4. The molecule has 0 aliphatic carbocycles. The summed E-state index contributed by atoms with van der Waals surface area (Å²) in [6, 6.07) is 3.65. The van der Waals surface area contributed by atoms with Crippen molar-refractivity contribution in [2.75, 3.05) is 26.3 Å². The third-order valence-electron chi connectivity index (χ3n) is 3.02. The minimum absolute atomic E-state index is 0.0746. The van der Waals surface area contributed by atoms with Gasteiger partial charge in [0.25, 0.3) is 0 Å². The van der Waals surface area contributed by atoms with Crippen LogP contribution in [0, 0.1) is 11.6 Å². The highest BCUT2D eigenvalue weighted by atomic mass is 19.2. The van der Waals surface area contributed by atoms with Gasteiger partial charge in [0, 0.05) is 13.2 Å². The fraction of sp³-hybridized carbons (Fsp3) is 0.462. The third kappa shape index (κ3) is 3.08. The Bertz CT molecular complexity index is 468. The summed E-state index contributed by atoms with van der Waals surface area (Å²) in [4.78, 5) is 13.3. The first-order chi connectivity index (χ1) is 9.13. The van der Waals surface area contributed by atoms with Gasteiger partial charge < -0.3 is 9.64 Å². The van der Waals surface area contributed by atoms with Gasteiger partial charge in [-0.2, -0.15) is 0 Å². The molecule has 0 bridgehead atoms. The van der Waals surface area contributed by atoms with E-state index in [0.29, 0.717) is 25.3 Å². The highest BCUT2D eigenvalue weighted by Gasteiger charge is 2.31. The number of rotatable bonds is 5. The van der Waals surface area contributed by atoms with Crippen molar-refractivity contribution in [3.05, 3.63) is 35.4 Å². The van der Waals surface area contributed by atoms with Crippen molar-refractivity contribution in [2.45, 2.75) is 13.1 Å². The second-order valence-electron chi connectivity index (χ2n) is 4.24. The maximum atomic E-state index is 13.2. The second-order valence-corrected chi connectivity index (χ2v) is 4.24. The van der Waals surface area contributed by atoms with E-state index in [1.807, 2.05) is 6.92 Å². The molecular weight excluding hydrogens is 254 g/mol. The van der Waals surface area contributed by atoms with Crippen molar-refractivity contribution < 1.29 is 18.3 Å². The van der Waals surface area contributed by atoms with Crippen LogP contribution in [-0.4, -0.2) is 37.1 Å². The van der Waals surface area contributed by atoms with Gasteiger partial charge in [-0.15, -0.1) is 0 Å². The molecule has 1 aromatic rings. The molecule has 0 saturated carbocycles. The van der Waals surface area contributed by atoms with Crippen molar-refractivity contribution in [3.63, 3.8) is 0 Å². The molecule has 0 spiro atoms. The molecule has 1 atom stereocenters. The Hall–Kier alpha value is -1.53. The van der Waals surface area contributed by atoms with Crippen LogP contribution in [0.4, 0.5) is 8.78 Å². The van der Waals surface area contributed by atoms with Gasteiger partial charge in [0.15, 0.2) is 11.6 Å². The predicted molar refractivity (Wildman–Crippen MR) is 65.3 cm³/mol. The van der Waals surface area contributed by atoms with Crippen LogP contribution in [0.15, 0.2) is 18.2 Å². The zero-order chi connectivity index (χ0) is 13.8. The van der Waals surface area contributed by atoms with Gasteiger partial charge in [0.05, 0.1) is 13.2 Å². The normalized spacial score (nSPS) is 19.2. The largest absolute Gasteiger partial charge is 0.380 e. The Labute approximate surface area is 110 Å². The van der Waals surface area contributed by atoms with E-state index in [1.54, 1.807) is 4.90 Å². The van der Waals surface area contributed by atoms with Gasteiger partial charge in [-0.1, -0.05) is 6.07 Å². The summed E-state index contributed by atoms with van der Waals surface area (Å²) >= 11 is 0. The van der Waals surface area contributed by atoms with Crippen LogP contribution < -0.4 is 5.32 Å². The fourth-order valence-corrected chi connectivity index (χ4v) is 2.08. The van der Waals surface area contributed by atoms with E-state index in [4.69, 9.17) is 4.74 Å². The first-order valence-corrected chi connectivity index (χ1v) is 6.19. The average Bonchev–Trinajstić information content (AvgIpc) is 2.75. The molecule has 1 unspecified atom stereocenters. The second kappa shape index (κ2) is 6.08. The Balaban J connectivity index is 2.12. The molecule has 2 rings (SSSR count). The first-order valence-electron chi connectivity index (χ1n) is 6.19. The number of nitrogens with zero attached hydrogens (tertiary/aromatic N) is 1. The average molecular weight is 270 g/mol. The van der Waals surface area contributed by atoms with Gasteiger partial charge in [-0.05, 0) is 24.6 Å². The molecule has 104 valence electrons. The van der Waals surface area contributed by atoms with E-state index in [1.165, 1.54) is 6.07 Å². The van der Waals surface area contributed by atoms with Crippen LogP contribution in [0.2, 0.25) is 0 Å². The Morgan fingerprint density at radius 3 is 2.89 bits per heavy atom. The van der Waals surface area contributed by atoms with Crippen molar-refractivity contribution in [1.82, 2.24) is 10.2 Å². The van der Waals surface area contributed by atoms with Crippen molar-refractivity contribution in [3.8, 4) is 0 Å². The number of nitrogens with one attached hydrogen (secondary N) is 1. The molecular formula is C13H16F2N2O2. The molecule has 1 aliphatic rings. The number of ether oxygens (including phenoxy) is 1. The number of hydrogen-bond acceptors (Lipinski definition) is 3. The third-order valence-corrected chi connectivity index (χ3v) is 3.02. The smallest absolute Gasteiger partial charge is 0.238 e. The monoisotopic (exact) mass is 270 g/mol. The number of carbonyl (C=O) groups is 1. The summed E-state index contributed by atoms with van der Waals surface area (Å²) in [7, 11) is 0. The zero-order valence-electron chi connectivity index (χ0n) is 10.7. The predicted octanol–water partition coefficient (Wildman–Crippen LogP) is 1.43. The summed E-state index contributed by atoms with van der Waals surface area (Å²) in [5, 5.41) is 2.98. The van der Waals surface area contributed by atoms with Crippen LogP contribution in [-0.2, 0) is 9.53 Å². The minimum Gasteiger partial charge on any atom is -0.380 e. The van der Waals surface area contributed by atoms with Crippen molar-refractivity contribution in [1.29, 1.82) is 0 Å². The fourth-order valence-electron chi connectivity index (χ4n) is 2.08. The molecule has 4 nitrogen and oxygen atoms in total. The molecule has 19 heavy (non-hydrogen) atoms. The lowest BCUT2D eigenvalue weighted by Crippen LogP contribution is -2.33. The molecule has 1 fully saturated rings. The zero-order valence-corrected chi connectivity index (χ0v) is 10.7. The molecule has 1 heterocycles. The maximum Gasteiger partial charge on any atom is 0.238 e. The summed E-state index contributed by atoms with van der Waals surface area (Å²) in [5.74, 6) is -1.88. The molecule has 6 heteroatoms. The number of hydrogen-bond donors (Lipinski definition) is 1. The van der Waals surface area contributed by atoms with Crippen LogP contribution in [0.25, 0.3) is 0 Å². The van der Waals surface area contributed by atoms with Gasteiger partial charge in [0.2, 0.25) is 5.91 Å². The van der Waals surface area contributed by atoms with Crippen LogP contribution in [0.5, 0.6) is 0 Å². The van der Waals surface area contributed by atoms with Crippen LogP contribution in [0.3, 0.4) is 0 Å². The van der Waals surface area contributed by atoms with E-state index < -0.39 is 17.8 Å². The molecule has 1 aromatic carbocycles. The van der Waals surface area contributed by atoms with Gasteiger partial charge in [-0.25, -0.2) is 8.78 Å². The SMILES string of the molecule is CCOCCN1C(=O)CNC1c1ccc(F)c(F)c1. The molecule has 1 amide bonds. The van der Waals surface area contributed by atoms with E-state index in [-0.39, 0.29) is 12.5 Å². The summed E-state index contributed by atoms with van der Waals surface area (Å²) in [5.41, 5.74) is 0.529. The quantitative estimate of drug-likeness (QED) is 0.823. The van der Waals surface area contributed by atoms with Crippen molar-refractivity contribution >= 4 is 5.91 Å². The van der Waals surface area contributed by atoms with E-state index in [0.717, 1.165) is 12.1 Å². The maximum absolute atomic E-state index is 13.2. The highest BCUT2D eigenvalue weighted by molar-refractivity contribution is 5.80. The topological polar surface area (TPSA) is 41.6 Å². The van der Waals surface area contributed by atoms with Gasteiger partial charge in [-0.3, -0.25) is 10.1 Å². The van der Waals surface area contributed by atoms with Gasteiger partial charge >= 0.3 is 0 Å². The lowest BCUT2D eigenvalue weighted by molar-refractivity contribution is -0.128. The molecule has 0 radical (unpaired) electrons. The standard InChI is InChI=1S/C13H16F2N2O2/c1-2-19-6-5-17-12(18)8-16-13(17)9-3-4-10(14)11(15)7-9/h3-4,7,13,16H,2,5-6,8H2,1H3. The lowest BCUT2D eigenvalue weighted by Gasteiger charge is -2.24. The molecule has 1 aliphatic heterocycles. The Kier molecular flexibility index (Phi) is 4.44. The number of halogens is 2. The van der Waals surface area contributed by atoms with Crippen LogP contribution >= 0.6 is 0 Å². The van der Waals surface area contributed by atoms with Crippen molar-refractivity contribution in [2.24, 2.45) is 0 Å². The lowest BCUT2D eigenvalue weighted by atomic mass is 10.1. The molecule has 0 aromatic heterocycles. The number of amides is 1. The van der Waals surface area contributed by atoms with E-state index >= 15 is 0 Å². The molecule has 1 N–H and O–H groups in total. The van der Waals surface area contributed by atoms with E-state index in [9.17, 15) is 13.6 Å². The summed E-state index contributed by atoms with van der Waals surface area (Å²) in [6.45, 7) is 3.48. The van der Waals surface area contributed by atoms with Crippen LogP contribution in [0.1, 0.15) is 18.7 Å². The van der Waals surface area contributed by atoms with Gasteiger partial charge in [0.1, 0.15) is 6.17 Å². The Morgan fingerprint density at radius 2 is 2.21 bits per heavy atom. The number of carbonyl (C=O) groups excluding carboxylic acids is 1. The molecule has 1 saturated heterocycles.